The van der Waals surface area contributed by atoms with Crippen LogP contribution in [0.4, 0.5) is 5.69 Å². The molecule has 0 spiro atoms. The maximum Gasteiger partial charge on any atom is 0.255 e. The van der Waals surface area contributed by atoms with Gasteiger partial charge in [0.2, 0.25) is 0 Å². The molecule has 0 atom stereocenters. The number of nitrogens with one attached hydrogen (secondary N) is 1. The van der Waals surface area contributed by atoms with Crippen LogP contribution in [0, 0.1) is 0 Å². The van der Waals surface area contributed by atoms with Gasteiger partial charge in [0.25, 0.3) is 5.91 Å². The summed E-state index contributed by atoms with van der Waals surface area (Å²) in [6.07, 6.45) is 0. The highest BCUT2D eigenvalue weighted by Gasteiger charge is 2.08. The van der Waals surface area contributed by atoms with E-state index in [1.165, 1.54) is 0 Å². The molecule has 0 saturated carbocycles. The van der Waals surface area contributed by atoms with Gasteiger partial charge in [-0.1, -0.05) is 33.6 Å². The molecule has 1 N–H and O–H groups in total. The molecule has 2 aromatic carbocycles. The van der Waals surface area contributed by atoms with Crippen LogP contribution >= 0.6 is 40.2 Å². The Morgan fingerprint density at radius 1 is 1.22 bits per heavy atom. The normalized spacial score (nSPS) is 10.2. The Bertz CT molecular complexity index is 603. The summed E-state index contributed by atoms with van der Waals surface area (Å²) in [7, 11) is 0. The summed E-state index contributed by atoms with van der Waals surface area (Å²) in [6, 6.07) is 12.3. The highest BCUT2D eigenvalue weighted by atomic mass is 79.9. The fourth-order valence-electron chi connectivity index (χ4n) is 1.43. The number of benzene rings is 2. The molecule has 92 valence electrons. The summed E-state index contributed by atoms with van der Waals surface area (Å²) in [5.41, 5.74) is 1.11. The first-order valence-corrected chi connectivity index (χ1v) is 6.73. The first-order chi connectivity index (χ1) is 8.56. The van der Waals surface area contributed by atoms with Gasteiger partial charge in [-0.3, -0.25) is 4.79 Å². The number of carbonyl (C=O) groups is 1. The fraction of sp³-hybridized carbons (Fsp3) is 0. The van der Waals surface area contributed by atoms with Gasteiger partial charge in [0.15, 0.2) is 0 Å². The predicted molar refractivity (Wildman–Crippen MR) is 80.8 cm³/mol. The summed E-state index contributed by atoms with van der Waals surface area (Å²) in [6.45, 7) is 0. The van der Waals surface area contributed by atoms with Crippen LogP contribution in [0.3, 0.4) is 0 Å². The Kier molecular flexibility index (Phi) is 4.32. The van der Waals surface area contributed by atoms with E-state index in [1.54, 1.807) is 30.3 Å². The van der Waals surface area contributed by atoms with Gasteiger partial charge in [-0.2, -0.15) is 0 Å². The zero-order valence-electron chi connectivity index (χ0n) is 9.15. The SMILES string of the molecule is O=C(Nc1cc(Br)ccc1Cl)c1cccc(S)c1. The minimum absolute atomic E-state index is 0.217. The summed E-state index contributed by atoms with van der Waals surface area (Å²) in [4.78, 5) is 12.7. The molecular weight excluding hydrogens is 334 g/mol. The van der Waals surface area contributed by atoms with Crippen molar-refractivity contribution >= 4 is 51.8 Å². The molecule has 0 fully saturated rings. The zero-order chi connectivity index (χ0) is 13.1. The summed E-state index contributed by atoms with van der Waals surface area (Å²) < 4.78 is 0.852. The number of thiol groups is 1. The number of hydrogen-bond donors (Lipinski definition) is 2. The van der Waals surface area contributed by atoms with Gasteiger partial charge in [0.1, 0.15) is 0 Å². The van der Waals surface area contributed by atoms with Crippen LogP contribution in [0.25, 0.3) is 0 Å². The van der Waals surface area contributed by atoms with Crippen molar-refractivity contribution in [1.82, 2.24) is 0 Å². The quantitative estimate of drug-likeness (QED) is 0.765. The molecule has 0 aromatic heterocycles. The Morgan fingerprint density at radius 3 is 2.72 bits per heavy atom. The first-order valence-electron chi connectivity index (χ1n) is 5.12. The molecule has 2 nitrogen and oxygen atoms in total. The van der Waals surface area contributed by atoms with Crippen LogP contribution in [0.1, 0.15) is 10.4 Å². The molecule has 2 aromatic rings. The van der Waals surface area contributed by atoms with Gasteiger partial charge < -0.3 is 5.32 Å². The standard InChI is InChI=1S/C13H9BrClNOS/c14-9-4-5-11(15)12(7-9)16-13(17)8-2-1-3-10(18)6-8/h1-7,18H,(H,16,17). The number of halogens is 2. The summed E-state index contributed by atoms with van der Waals surface area (Å²) in [5, 5.41) is 3.25. The van der Waals surface area contributed by atoms with Crippen LogP contribution in [0.2, 0.25) is 5.02 Å². The zero-order valence-corrected chi connectivity index (χ0v) is 12.4. The molecule has 5 heteroatoms. The van der Waals surface area contributed by atoms with Gasteiger partial charge in [-0.15, -0.1) is 12.6 Å². The Labute approximate surface area is 124 Å². The Morgan fingerprint density at radius 2 is 2.00 bits per heavy atom. The van der Waals surface area contributed by atoms with E-state index in [9.17, 15) is 4.79 Å². The van der Waals surface area contributed by atoms with E-state index >= 15 is 0 Å². The first kappa shape index (κ1) is 13.5. The minimum Gasteiger partial charge on any atom is -0.321 e. The number of carbonyl (C=O) groups excluding carboxylic acids is 1. The number of anilines is 1. The summed E-state index contributed by atoms with van der Waals surface area (Å²) in [5.74, 6) is -0.217. The van der Waals surface area contributed by atoms with Crippen LogP contribution in [0.5, 0.6) is 0 Å². The van der Waals surface area contributed by atoms with Crippen LogP contribution in [-0.4, -0.2) is 5.91 Å². The average Bonchev–Trinajstić information content (AvgIpc) is 2.34. The maximum atomic E-state index is 12.0. The highest BCUT2D eigenvalue weighted by molar-refractivity contribution is 9.10. The minimum atomic E-state index is -0.217. The van der Waals surface area contributed by atoms with E-state index in [1.807, 2.05) is 12.1 Å². The number of hydrogen-bond acceptors (Lipinski definition) is 2. The molecule has 0 saturated heterocycles. The lowest BCUT2D eigenvalue weighted by Crippen LogP contribution is -2.12. The van der Waals surface area contributed by atoms with Crippen molar-refractivity contribution in [3.8, 4) is 0 Å². The molecule has 0 radical (unpaired) electrons. The fourth-order valence-corrected chi connectivity index (χ4v) is 2.19. The smallest absolute Gasteiger partial charge is 0.255 e. The third-order valence-corrected chi connectivity index (χ3v) is 3.39. The van der Waals surface area contributed by atoms with Crippen molar-refractivity contribution in [2.24, 2.45) is 0 Å². The van der Waals surface area contributed by atoms with Crippen molar-refractivity contribution in [3.63, 3.8) is 0 Å². The van der Waals surface area contributed by atoms with E-state index < -0.39 is 0 Å². The molecule has 0 bridgehead atoms. The van der Waals surface area contributed by atoms with Crippen LogP contribution < -0.4 is 5.32 Å². The molecule has 0 aliphatic heterocycles. The van der Waals surface area contributed by atoms with E-state index in [2.05, 4.69) is 33.9 Å². The van der Waals surface area contributed by atoms with Crippen LogP contribution in [0.15, 0.2) is 51.8 Å². The molecule has 0 heterocycles. The third kappa shape index (κ3) is 3.28. The number of amides is 1. The second-order valence-corrected chi connectivity index (χ2v) is 5.47. The highest BCUT2D eigenvalue weighted by Crippen LogP contribution is 2.26. The van der Waals surface area contributed by atoms with Crippen molar-refractivity contribution < 1.29 is 4.79 Å². The molecule has 0 aliphatic carbocycles. The maximum absolute atomic E-state index is 12.0. The molecule has 0 aliphatic rings. The second-order valence-electron chi connectivity index (χ2n) is 3.63. The van der Waals surface area contributed by atoms with Crippen molar-refractivity contribution in [3.05, 3.63) is 57.5 Å². The number of rotatable bonds is 2. The van der Waals surface area contributed by atoms with Gasteiger partial charge in [0.05, 0.1) is 10.7 Å². The monoisotopic (exact) mass is 341 g/mol. The van der Waals surface area contributed by atoms with E-state index in [4.69, 9.17) is 11.6 Å². The van der Waals surface area contributed by atoms with E-state index in [0.717, 1.165) is 9.37 Å². The predicted octanol–water partition coefficient (Wildman–Crippen LogP) is 4.64. The van der Waals surface area contributed by atoms with E-state index in [0.29, 0.717) is 16.3 Å². The van der Waals surface area contributed by atoms with Crippen molar-refractivity contribution in [1.29, 1.82) is 0 Å². The topological polar surface area (TPSA) is 29.1 Å². The largest absolute Gasteiger partial charge is 0.321 e. The van der Waals surface area contributed by atoms with Crippen molar-refractivity contribution in [2.45, 2.75) is 4.90 Å². The Hall–Kier alpha value is -0.970. The lowest BCUT2D eigenvalue weighted by molar-refractivity contribution is 0.102. The van der Waals surface area contributed by atoms with E-state index in [-0.39, 0.29) is 5.91 Å². The second kappa shape index (κ2) is 5.78. The average molecular weight is 343 g/mol. The lowest BCUT2D eigenvalue weighted by Gasteiger charge is -2.08. The molecule has 18 heavy (non-hydrogen) atoms. The van der Waals surface area contributed by atoms with Gasteiger partial charge >= 0.3 is 0 Å². The van der Waals surface area contributed by atoms with Gasteiger partial charge in [0, 0.05) is 14.9 Å². The van der Waals surface area contributed by atoms with Gasteiger partial charge in [-0.25, -0.2) is 0 Å². The molecular formula is C13H9BrClNOS. The summed E-state index contributed by atoms with van der Waals surface area (Å²) >= 11 is 13.5. The third-order valence-electron chi connectivity index (χ3n) is 2.28. The molecule has 1 amide bonds. The van der Waals surface area contributed by atoms with Crippen LogP contribution in [-0.2, 0) is 0 Å². The molecule has 2 rings (SSSR count). The van der Waals surface area contributed by atoms with Crippen molar-refractivity contribution in [2.75, 3.05) is 5.32 Å². The Balaban J connectivity index is 2.24. The lowest BCUT2D eigenvalue weighted by atomic mass is 10.2. The molecule has 0 unspecified atom stereocenters. The van der Waals surface area contributed by atoms with Gasteiger partial charge in [-0.05, 0) is 36.4 Å².